The van der Waals surface area contributed by atoms with Crippen molar-refractivity contribution in [3.05, 3.63) is 125 Å². The summed E-state index contributed by atoms with van der Waals surface area (Å²) in [7, 11) is 3.18. The molecule has 5 aromatic rings. The highest BCUT2D eigenvalue weighted by Gasteiger charge is 2.36. The van der Waals surface area contributed by atoms with Crippen LogP contribution in [0.5, 0.6) is 11.5 Å². The zero-order chi connectivity index (χ0) is 32.5. The van der Waals surface area contributed by atoms with E-state index in [-0.39, 0.29) is 11.5 Å². The second-order valence-corrected chi connectivity index (χ2v) is 12.9. The van der Waals surface area contributed by atoms with E-state index in [1.165, 1.54) is 16.9 Å². The third-order valence-electron chi connectivity index (χ3n) is 8.41. The van der Waals surface area contributed by atoms with E-state index in [0.717, 1.165) is 20.9 Å². The molecule has 236 valence electrons. The Morgan fingerprint density at radius 2 is 1.78 bits per heavy atom. The Hall–Kier alpha value is -4.41. The fourth-order valence-electron chi connectivity index (χ4n) is 6.07. The summed E-state index contributed by atoms with van der Waals surface area (Å²) in [6, 6.07) is 21.2. The SMILES string of the molecule is CCN(CC)C(=O)C1=C(C)N=c2s/c(=C/c3cn(Cc4ccc(Br)cc4)c4ccccc34)c(=O)n2[C@H]1c1cc(OC)ccc1OC. The number of thiazole rings is 1. The van der Waals surface area contributed by atoms with E-state index in [9.17, 15) is 9.59 Å². The number of carbonyl (C=O) groups excluding carboxylic acids is 1. The number of benzene rings is 3. The molecular formula is C36H35BrN4O4S. The average Bonchev–Trinajstić information content (AvgIpc) is 3.57. The molecule has 0 aliphatic carbocycles. The first kappa shape index (κ1) is 31.6. The van der Waals surface area contributed by atoms with Crippen LogP contribution < -0.4 is 24.4 Å². The highest BCUT2D eigenvalue weighted by atomic mass is 79.9. The molecule has 0 radical (unpaired) electrons. The van der Waals surface area contributed by atoms with E-state index in [4.69, 9.17) is 14.5 Å². The number of rotatable bonds is 9. The highest BCUT2D eigenvalue weighted by molar-refractivity contribution is 9.10. The number of methoxy groups -OCH3 is 2. The third-order valence-corrected chi connectivity index (χ3v) is 9.92. The van der Waals surface area contributed by atoms with Crippen molar-refractivity contribution in [3.63, 3.8) is 0 Å². The maximum atomic E-state index is 14.5. The molecule has 0 spiro atoms. The number of nitrogens with zero attached hydrogens (tertiary/aromatic N) is 4. The fraction of sp³-hybridized carbons (Fsp3) is 0.250. The molecule has 1 amide bonds. The number of para-hydroxylation sites is 1. The molecule has 0 saturated heterocycles. The van der Waals surface area contributed by atoms with Gasteiger partial charge in [-0.15, -0.1) is 0 Å². The van der Waals surface area contributed by atoms with Crippen LogP contribution in [0.2, 0.25) is 0 Å². The van der Waals surface area contributed by atoms with Crippen molar-refractivity contribution in [1.82, 2.24) is 14.0 Å². The quantitative estimate of drug-likeness (QED) is 0.193. The van der Waals surface area contributed by atoms with Crippen LogP contribution in [0.4, 0.5) is 0 Å². The Balaban J connectivity index is 1.55. The zero-order valence-corrected chi connectivity index (χ0v) is 28.8. The summed E-state index contributed by atoms with van der Waals surface area (Å²) >= 11 is 4.84. The first-order valence-electron chi connectivity index (χ1n) is 15.1. The van der Waals surface area contributed by atoms with Gasteiger partial charge in [-0.1, -0.05) is 57.6 Å². The third kappa shape index (κ3) is 5.71. The topological polar surface area (TPSA) is 78.1 Å². The largest absolute Gasteiger partial charge is 0.497 e. The first-order chi connectivity index (χ1) is 22.3. The van der Waals surface area contributed by atoms with Crippen molar-refractivity contribution in [2.45, 2.75) is 33.4 Å². The van der Waals surface area contributed by atoms with Crippen molar-refractivity contribution >= 4 is 50.2 Å². The number of hydrogen-bond donors (Lipinski definition) is 0. The maximum Gasteiger partial charge on any atom is 0.271 e. The van der Waals surface area contributed by atoms with Gasteiger partial charge in [0.05, 0.1) is 30.0 Å². The van der Waals surface area contributed by atoms with Crippen molar-refractivity contribution in [2.24, 2.45) is 4.99 Å². The summed E-state index contributed by atoms with van der Waals surface area (Å²) < 4.78 is 16.8. The number of fused-ring (bicyclic) bond motifs is 2. The van der Waals surface area contributed by atoms with Crippen LogP contribution in [0.25, 0.3) is 17.0 Å². The van der Waals surface area contributed by atoms with E-state index in [1.54, 1.807) is 35.8 Å². The first-order valence-corrected chi connectivity index (χ1v) is 16.7. The van der Waals surface area contributed by atoms with Crippen LogP contribution >= 0.6 is 27.3 Å². The summed E-state index contributed by atoms with van der Waals surface area (Å²) in [6.07, 6.45) is 4.03. The number of ether oxygens (including phenoxy) is 2. The number of allylic oxidation sites excluding steroid dienone is 1. The van der Waals surface area contributed by atoms with Crippen LogP contribution in [-0.4, -0.2) is 47.3 Å². The molecule has 10 heteroatoms. The monoisotopic (exact) mass is 698 g/mol. The molecule has 3 aromatic carbocycles. The Morgan fingerprint density at radius 3 is 2.48 bits per heavy atom. The highest BCUT2D eigenvalue weighted by Crippen LogP contribution is 2.38. The van der Waals surface area contributed by atoms with Gasteiger partial charge < -0.3 is 18.9 Å². The zero-order valence-electron chi connectivity index (χ0n) is 26.4. The number of likely N-dealkylation sites (N-methyl/N-ethyl adjacent to an activating group) is 1. The van der Waals surface area contributed by atoms with Crippen LogP contribution in [0, 0.1) is 0 Å². The lowest BCUT2D eigenvalue weighted by molar-refractivity contribution is -0.127. The average molecular weight is 700 g/mol. The molecular weight excluding hydrogens is 664 g/mol. The van der Waals surface area contributed by atoms with Gasteiger partial charge >= 0.3 is 0 Å². The lowest BCUT2D eigenvalue weighted by Crippen LogP contribution is -2.43. The predicted molar refractivity (Wildman–Crippen MR) is 186 cm³/mol. The Bertz CT molecular complexity index is 2160. The van der Waals surface area contributed by atoms with Crippen LogP contribution in [0.3, 0.4) is 0 Å². The molecule has 8 nitrogen and oxygen atoms in total. The molecule has 0 fully saturated rings. The van der Waals surface area contributed by atoms with Gasteiger partial charge in [-0.3, -0.25) is 14.2 Å². The number of amides is 1. The maximum absolute atomic E-state index is 14.5. The molecule has 1 atom stereocenters. The van der Waals surface area contributed by atoms with E-state index < -0.39 is 6.04 Å². The molecule has 3 heterocycles. The second kappa shape index (κ2) is 13.1. The minimum Gasteiger partial charge on any atom is -0.497 e. The van der Waals surface area contributed by atoms with Gasteiger partial charge in [-0.05, 0) is 68.8 Å². The Morgan fingerprint density at radius 1 is 1.04 bits per heavy atom. The van der Waals surface area contributed by atoms with Crippen LogP contribution in [-0.2, 0) is 11.3 Å². The number of hydrogen-bond acceptors (Lipinski definition) is 6. The summed E-state index contributed by atoms with van der Waals surface area (Å²) in [4.78, 5) is 35.6. The lowest BCUT2D eigenvalue weighted by Gasteiger charge is -2.30. The van der Waals surface area contributed by atoms with Crippen LogP contribution in [0.15, 0.2) is 98.5 Å². The molecule has 0 N–H and O–H groups in total. The van der Waals surface area contributed by atoms with Crippen molar-refractivity contribution in [2.75, 3.05) is 27.3 Å². The lowest BCUT2D eigenvalue weighted by atomic mass is 9.93. The van der Waals surface area contributed by atoms with Gasteiger partial charge in [0.15, 0.2) is 4.80 Å². The van der Waals surface area contributed by atoms with E-state index in [2.05, 4.69) is 51.0 Å². The van der Waals surface area contributed by atoms with Crippen molar-refractivity contribution < 1.29 is 14.3 Å². The summed E-state index contributed by atoms with van der Waals surface area (Å²) in [5.74, 6) is 0.989. The van der Waals surface area contributed by atoms with Gasteiger partial charge in [0.2, 0.25) is 0 Å². The van der Waals surface area contributed by atoms with E-state index >= 15 is 0 Å². The predicted octanol–water partition coefficient (Wildman–Crippen LogP) is 5.89. The molecule has 0 bridgehead atoms. The summed E-state index contributed by atoms with van der Waals surface area (Å²) in [6.45, 7) is 7.48. The fourth-order valence-corrected chi connectivity index (χ4v) is 7.37. The standard InChI is InChI=1S/C36H35BrN4O4S/c1-6-39(7-2)35(43)32-22(3)38-36-41(33(32)28-19-26(44-4)16-17-30(28)45-5)34(42)31(46-36)18-24-21-40(29-11-9-8-10-27(24)29)20-23-12-14-25(37)15-13-23/h8-19,21,33H,6-7,20H2,1-5H3/b31-18+/t33-/m0/s1. The smallest absolute Gasteiger partial charge is 0.271 e. The van der Waals surface area contributed by atoms with Gasteiger partial charge in [0.25, 0.3) is 11.5 Å². The molecule has 46 heavy (non-hydrogen) atoms. The summed E-state index contributed by atoms with van der Waals surface area (Å²) in [5.41, 5.74) is 4.63. The Kier molecular flexibility index (Phi) is 9.02. The van der Waals surface area contributed by atoms with Crippen molar-refractivity contribution in [1.29, 1.82) is 0 Å². The van der Waals surface area contributed by atoms with Gasteiger partial charge in [0.1, 0.15) is 17.5 Å². The molecule has 2 aromatic heterocycles. The Labute approximate surface area is 279 Å². The summed E-state index contributed by atoms with van der Waals surface area (Å²) in [5, 5.41) is 1.05. The second-order valence-electron chi connectivity index (χ2n) is 11.0. The minimum absolute atomic E-state index is 0.161. The molecule has 6 rings (SSSR count). The van der Waals surface area contributed by atoms with E-state index in [1.807, 2.05) is 57.2 Å². The number of carbonyl (C=O) groups is 1. The molecule has 0 saturated carbocycles. The number of aromatic nitrogens is 2. The molecule has 1 aliphatic rings. The van der Waals surface area contributed by atoms with Crippen molar-refractivity contribution in [3.8, 4) is 11.5 Å². The van der Waals surface area contributed by atoms with Crippen LogP contribution in [0.1, 0.15) is 43.5 Å². The van der Waals surface area contributed by atoms with Gasteiger partial charge in [-0.25, -0.2) is 4.99 Å². The number of halogens is 1. The van der Waals surface area contributed by atoms with Gasteiger partial charge in [0, 0.05) is 52.3 Å². The normalized spacial score (nSPS) is 14.7. The molecule has 1 aliphatic heterocycles. The van der Waals surface area contributed by atoms with Gasteiger partial charge in [-0.2, -0.15) is 0 Å². The minimum atomic E-state index is -0.754. The van der Waals surface area contributed by atoms with E-state index in [0.29, 0.717) is 57.3 Å². The molecule has 0 unspecified atom stereocenters.